The first kappa shape index (κ1) is 13.1. The molecule has 0 saturated heterocycles. The van der Waals surface area contributed by atoms with Gasteiger partial charge in [0, 0.05) is 31.9 Å². The van der Waals surface area contributed by atoms with Crippen LogP contribution in [0.4, 0.5) is 0 Å². The first-order valence-electron chi connectivity index (χ1n) is 7.07. The molecule has 18 heavy (non-hydrogen) atoms. The van der Waals surface area contributed by atoms with Crippen molar-refractivity contribution in [3.63, 3.8) is 0 Å². The van der Waals surface area contributed by atoms with Crippen molar-refractivity contribution < 1.29 is 4.79 Å². The Labute approximate surface area is 109 Å². The molecule has 1 aliphatic rings. The zero-order valence-electron chi connectivity index (χ0n) is 11.0. The van der Waals surface area contributed by atoms with Crippen LogP contribution in [0.5, 0.6) is 0 Å². The molecule has 1 aliphatic carbocycles. The Morgan fingerprint density at radius 1 is 1.39 bits per heavy atom. The second-order valence-corrected chi connectivity index (χ2v) is 5.19. The van der Waals surface area contributed by atoms with Gasteiger partial charge in [0.15, 0.2) is 0 Å². The first-order chi connectivity index (χ1) is 8.84. The highest BCUT2D eigenvalue weighted by atomic mass is 16.1. The third kappa shape index (κ3) is 4.51. The molecule has 4 nitrogen and oxygen atoms in total. The Balaban J connectivity index is 1.49. The van der Waals surface area contributed by atoms with Gasteiger partial charge in [0.1, 0.15) is 0 Å². The second kappa shape index (κ2) is 7.19. The third-order valence-corrected chi connectivity index (χ3v) is 3.73. The van der Waals surface area contributed by atoms with Gasteiger partial charge in [-0.2, -0.15) is 0 Å². The SMILES string of the molecule is O=C(CCC1CCCC1)NCCCn1ccnc1. The van der Waals surface area contributed by atoms with Crippen molar-refractivity contribution in [2.75, 3.05) is 6.54 Å². The van der Waals surface area contributed by atoms with Gasteiger partial charge in [0.25, 0.3) is 0 Å². The van der Waals surface area contributed by atoms with Gasteiger partial charge in [-0.3, -0.25) is 4.79 Å². The largest absolute Gasteiger partial charge is 0.356 e. The normalized spacial score (nSPS) is 16.0. The van der Waals surface area contributed by atoms with E-state index in [-0.39, 0.29) is 5.91 Å². The van der Waals surface area contributed by atoms with Gasteiger partial charge < -0.3 is 9.88 Å². The standard InChI is InChI=1S/C14H23N3O/c18-14(7-6-13-4-1-2-5-13)16-8-3-10-17-11-9-15-12-17/h9,11-13H,1-8,10H2,(H,16,18). The summed E-state index contributed by atoms with van der Waals surface area (Å²) >= 11 is 0. The molecule has 100 valence electrons. The number of hydrogen-bond acceptors (Lipinski definition) is 2. The van der Waals surface area contributed by atoms with Crippen molar-refractivity contribution in [1.82, 2.24) is 14.9 Å². The number of imidazole rings is 1. The maximum atomic E-state index is 11.6. The maximum absolute atomic E-state index is 11.6. The smallest absolute Gasteiger partial charge is 0.220 e. The van der Waals surface area contributed by atoms with Crippen molar-refractivity contribution in [2.45, 2.75) is 51.5 Å². The van der Waals surface area contributed by atoms with E-state index in [0.29, 0.717) is 6.42 Å². The van der Waals surface area contributed by atoms with E-state index in [4.69, 9.17) is 0 Å². The zero-order chi connectivity index (χ0) is 12.6. The summed E-state index contributed by atoms with van der Waals surface area (Å²) in [4.78, 5) is 15.6. The van der Waals surface area contributed by atoms with E-state index >= 15 is 0 Å². The summed E-state index contributed by atoms with van der Waals surface area (Å²) in [5.74, 6) is 1.02. The molecule has 0 aromatic carbocycles. The van der Waals surface area contributed by atoms with Crippen LogP contribution in [0.15, 0.2) is 18.7 Å². The molecule has 1 saturated carbocycles. The Kier molecular flexibility index (Phi) is 5.24. The Bertz CT molecular complexity index is 342. The van der Waals surface area contributed by atoms with E-state index in [1.54, 1.807) is 6.20 Å². The molecule has 1 aromatic rings. The van der Waals surface area contributed by atoms with Crippen LogP contribution < -0.4 is 5.32 Å². The predicted octanol–water partition coefficient (Wildman–Crippen LogP) is 2.36. The fraction of sp³-hybridized carbons (Fsp3) is 0.714. The minimum atomic E-state index is 0.215. The van der Waals surface area contributed by atoms with Crippen molar-refractivity contribution in [2.24, 2.45) is 5.92 Å². The summed E-state index contributed by atoms with van der Waals surface area (Å²) in [6.07, 6.45) is 13.6. The van der Waals surface area contributed by atoms with Crippen LogP contribution >= 0.6 is 0 Å². The molecule has 0 unspecified atom stereocenters. The summed E-state index contributed by atoms with van der Waals surface area (Å²) in [5.41, 5.74) is 0. The molecule has 2 rings (SSSR count). The van der Waals surface area contributed by atoms with E-state index in [9.17, 15) is 4.79 Å². The monoisotopic (exact) mass is 249 g/mol. The molecule has 0 spiro atoms. The van der Waals surface area contributed by atoms with E-state index in [1.165, 1.54) is 25.7 Å². The van der Waals surface area contributed by atoms with Crippen LogP contribution in [-0.4, -0.2) is 22.0 Å². The molecule has 0 aliphatic heterocycles. The van der Waals surface area contributed by atoms with Gasteiger partial charge in [-0.05, 0) is 18.8 Å². The van der Waals surface area contributed by atoms with E-state index in [0.717, 1.165) is 31.8 Å². The summed E-state index contributed by atoms with van der Waals surface area (Å²) in [6.45, 7) is 1.69. The number of amides is 1. The number of aryl methyl sites for hydroxylation is 1. The Morgan fingerprint density at radius 2 is 2.22 bits per heavy atom. The van der Waals surface area contributed by atoms with E-state index in [2.05, 4.69) is 10.3 Å². The van der Waals surface area contributed by atoms with Gasteiger partial charge in [-0.1, -0.05) is 25.7 Å². The lowest BCUT2D eigenvalue weighted by Gasteiger charge is -2.09. The summed E-state index contributed by atoms with van der Waals surface area (Å²) in [7, 11) is 0. The molecule has 0 radical (unpaired) electrons. The number of carbonyl (C=O) groups is 1. The quantitative estimate of drug-likeness (QED) is 0.754. The minimum Gasteiger partial charge on any atom is -0.356 e. The summed E-state index contributed by atoms with van der Waals surface area (Å²) in [5, 5.41) is 3.00. The number of aromatic nitrogens is 2. The van der Waals surface area contributed by atoms with Crippen LogP contribution in [0.2, 0.25) is 0 Å². The van der Waals surface area contributed by atoms with Crippen LogP contribution in [0, 0.1) is 5.92 Å². The molecule has 0 bridgehead atoms. The highest BCUT2D eigenvalue weighted by Crippen LogP contribution is 2.28. The lowest BCUT2D eigenvalue weighted by Crippen LogP contribution is -2.25. The van der Waals surface area contributed by atoms with Crippen molar-refractivity contribution in [3.05, 3.63) is 18.7 Å². The lowest BCUT2D eigenvalue weighted by molar-refractivity contribution is -0.121. The Hall–Kier alpha value is -1.32. The van der Waals surface area contributed by atoms with Crippen molar-refractivity contribution in [3.8, 4) is 0 Å². The number of nitrogens with zero attached hydrogens (tertiary/aromatic N) is 2. The molecule has 1 fully saturated rings. The molecule has 0 atom stereocenters. The maximum Gasteiger partial charge on any atom is 0.220 e. The highest BCUT2D eigenvalue weighted by Gasteiger charge is 2.15. The molecular weight excluding hydrogens is 226 g/mol. The predicted molar refractivity (Wildman–Crippen MR) is 71.0 cm³/mol. The topological polar surface area (TPSA) is 46.9 Å². The summed E-state index contributed by atoms with van der Waals surface area (Å²) in [6, 6.07) is 0. The Morgan fingerprint density at radius 3 is 2.94 bits per heavy atom. The highest BCUT2D eigenvalue weighted by molar-refractivity contribution is 5.75. The molecule has 4 heteroatoms. The molecule has 1 amide bonds. The average molecular weight is 249 g/mol. The fourth-order valence-electron chi connectivity index (χ4n) is 2.63. The fourth-order valence-corrected chi connectivity index (χ4v) is 2.63. The van der Waals surface area contributed by atoms with Gasteiger partial charge >= 0.3 is 0 Å². The molecule has 1 N–H and O–H groups in total. The third-order valence-electron chi connectivity index (χ3n) is 3.73. The number of hydrogen-bond donors (Lipinski definition) is 1. The number of nitrogens with one attached hydrogen (secondary N) is 1. The van der Waals surface area contributed by atoms with Gasteiger partial charge in [-0.25, -0.2) is 4.98 Å². The van der Waals surface area contributed by atoms with Crippen LogP contribution in [0.3, 0.4) is 0 Å². The molecule has 1 aromatic heterocycles. The van der Waals surface area contributed by atoms with Gasteiger partial charge in [0.05, 0.1) is 6.33 Å². The zero-order valence-corrected chi connectivity index (χ0v) is 11.0. The lowest BCUT2D eigenvalue weighted by atomic mass is 10.0. The summed E-state index contributed by atoms with van der Waals surface area (Å²) < 4.78 is 2.03. The van der Waals surface area contributed by atoms with E-state index in [1.807, 2.05) is 17.1 Å². The van der Waals surface area contributed by atoms with Crippen LogP contribution in [-0.2, 0) is 11.3 Å². The van der Waals surface area contributed by atoms with Crippen LogP contribution in [0.1, 0.15) is 44.9 Å². The van der Waals surface area contributed by atoms with E-state index < -0.39 is 0 Å². The van der Waals surface area contributed by atoms with Gasteiger partial charge in [-0.15, -0.1) is 0 Å². The average Bonchev–Trinajstić information content (AvgIpc) is 3.04. The minimum absolute atomic E-state index is 0.215. The van der Waals surface area contributed by atoms with Gasteiger partial charge in [0.2, 0.25) is 5.91 Å². The number of carbonyl (C=O) groups excluding carboxylic acids is 1. The van der Waals surface area contributed by atoms with Crippen molar-refractivity contribution in [1.29, 1.82) is 0 Å². The molecule has 1 heterocycles. The second-order valence-electron chi connectivity index (χ2n) is 5.19. The molecular formula is C14H23N3O. The number of rotatable bonds is 7. The first-order valence-corrected chi connectivity index (χ1v) is 7.07. The van der Waals surface area contributed by atoms with Crippen molar-refractivity contribution >= 4 is 5.91 Å². The van der Waals surface area contributed by atoms with Crippen LogP contribution in [0.25, 0.3) is 0 Å².